The van der Waals surface area contributed by atoms with Crippen molar-refractivity contribution in [2.24, 2.45) is 0 Å². The van der Waals surface area contributed by atoms with Crippen molar-refractivity contribution in [3.05, 3.63) is 64.8 Å². The summed E-state index contributed by atoms with van der Waals surface area (Å²) in [6.45, 7) is 6.78. The summed E-state index contributed by atoms with van der Waals surface area (Å²) in [6, 6.07) is 13.0. The van der Waals surface area contributed by atoms with Gasteiger partial charge in [0.1, 0.15) is 11.5 Å². The van der Waals surface area contributed by atoms with E-state index in [1.807, 2.05) is 51.1 Å². The summed E-state index contributed by atoms with van der Waals surface area (Å²) in [5.41, 5.74) is 2.79. The summed E-state index contributed by atoms with van der Waals surface area (Å²) >= 11 is 6.27. The second-order valence-electron chi connectivity index (χ2n) is 6.73. The first-order chi connectivity index (χ1) is 14.0. The van der Waals surface area contributed by atoms with Gasteiger partial charge in [-0.1, -0.05) is 23.7 Å². The van der Waals surface area contributed by atoms with E-state index in [-0.39, 0.29) is 12.0 Å². The Bertz CT molecular complexity index is 968. The molecule has 2 aromatic carbocycles. The van der Waals surface area contributed by atoms with Crippen LogP contribution in [0.25, 0.3) is 11.3 Å². The van der Waals surface area contributed by atoms with Gasteiger partial charge in [0.05, 0.1) is 35.2 Å². The molecule has 0 aliphatic heterocycles. The number of amides is 1. The fraction of sp³-hybridized carbons (Fsp3) is 0.273. The molecule has 2 N–H and O–H groups in total. The van der Waals surface area contributed by atoms with Gasteiger partial charge in [-0.05, 0) is 56.7 Å². The number of benzene rings is 2. The van der Waals surface area contributed by atoms with Crippen molar-refractivity contribution in [1.29, 1.82) is 0 Å². The lowest BCUT2D eigenvalue weighted by molar-refractivity contribution is 0.0951. The molecule has 3 aromatic rings. The predicted molar refractivity (Wildman–Crippen MR) is 114 cm³/mol. The average molecular weight is 414 g/mol. The highest BCUT2D eigenvalue weighted by molar-refractivity contribution is 6.32. The second kappa shape index (κ2) is 9.47. The molecule has 0 unspecified atom stereocenters. The average Bonchev–Trinajstić information content (AvgIpc) is 3.18. The molecule has 0 fully saturated rings. The van der Waals surface area contributed by atoms with Gasteiger partial charge in [-0.3, -0.25) is 9.89 Å². The van der Waals surface area contributed by atoms with E-state index in [4.69, 9.17) is 21.1 Å². The summed E-state index contributed by atoms with van der Waals surface area (Å²) in [5, 5.41) is 10.3. The van der Waals surface area contributed by atoms with Crippen molar-refractivity contribution in [2.75, 3.05) is 6.61 Å². The molecule has 0 bridgehead atoms. The van der Waals surface area contributed by atoms with E-state index in [2.05, 4.69) is 15.5 Å². The summed E-state index contributed by atoms with van der Waals surface area (Å²) in [5.74, 6) is 1.19. The molecule has 0 aliphatic rings. The van der Waals surface area contributed by atoms with Crippen molar-refractivity contribution in [1.82, 2.24) is 15.5 Å². The highest BCUT2D eigenvalue weighted by Gasteiger charge is 2.16. The first-order valence-electron chi connectivity index (χ1n) is 9.47. The molecule has 0 spiro atoms. The molecule has 0 atom stereocenters. The van der Waals surface area contributed by atoms with Gasteiger partial charge in [-0.2, -0.15) is 5.10 Å². The minimum absolute atomic E-state index is 0.121. The molecular weight excluding hydrogens is 390 g/mol. The van der Waals surface area contributed by atoms with E-state index in [1.165, 1.54) is 6.20 Å². The van der Waals surface area contributed by atoms with Crippen LogP contribution in [-0.2, 0) is 6.54 Å². The van der Waals surface area contributed by atoms with Crippen LogP contribution in [0.4, 0.5) is 0 Å². The minimum Gasteiger partial charge on any atom is -0.492 e. The monoisotopic (exact) mass is 413 g/mol. The van der Waals surface area contributed by atoms with E-state index in [0.717, 1.165) is 16.9 Å². The van der Waals surface area contributed by atoms with Crippen LogP contribution in [0.2, 0.25) is 5.02 Å². The van der Waals surface area contributed by atoms with E-state index in [0.29, 0.717) is 35.2 Å². The summed E-state index contributed by atoms with van der Waals surface area (Å²) < 4.78 is 11.1. The third-order valence-corrected chi connectivity index (χ3v) is 4.45. The van der Waals surface area contributed by atoms with Crippen molar-refractivity contribution < 1.29 is 14.3 Å². The number of nitrogens with one attached hydrogen (secondary N) is 2. The van der Waals surface area contributed by atoms with E-state index >= 15 is 0 Å². The Hall–Kier alpha value is -2.99. The van der Waals surface area contributed by atoms with Gasteiger partial charge in [0.2, 0.25) is 0 Å². The number of carbonyl (C=O) groups is 1. The van der Waals surface area contributed by atoms with Crippen molar-refractivity contribution in [3.8, 4) is 22.8 Å². The van der Waals surface area contributed by atoms with Gasteiger partial charge < -0.3 is 14.8 Å². The maximum atomic E-state index is 12.7. The van der Waals surface area contributed by atoms with Gasteiger partial charge >= 0.3 is 0 Å². The SMILES string of the molecule is CCOc1ccc(-c2[nH]ncc2C(=O)NCc2ccc(OC(C)C)cc2)cc1Cl. The zero-order chi connectivity index (χ0) is 20.8. The molecule has 152 valence electrons. The number of halogens is 1. The Balaban J connectivity index is 1.68. The van der Waals surface area contributed by atoms with Gasteiger partial charge in [0, 0.05) is 12.1 Å². The molecule has 0 aliphatic carbocycles. The van der Waals surface area contributed by atoms with Gasteiger partial charge in [-0.15, -0.1) is 0 Å². The number of nitrogens with zero attached hydrogens (tertiary/aromatic N) is 1. The topological polar surface area (TPSA) is 76.2 Å². The molecule has 1 amide bonds. The molecule has 7 heteroatoms. The smallest absolute Gasteiger partial charge is 0.255 e. The first kappa shape index (κ1) is 20.7. The number of aromatic nitrogens is 2. The molecule has 29 heavy (non-hydrogen) atoms. The van der Waals surface area contributed by atoms with Crippen LogP contribution in [0.15, 0.2) is 48.7 Å². The Morgan fingerprint density at radius 3 is 2.62 bits per heavy atom. The fourth-order valence-electron chi connectivity index (χ4n) is 2.84. The van der Waals surface area contributed by atoms with Gasteiger partial charge in [-0.25, -0.2) is 0 Å². The van der Waals surface area contributed by atoms with Crippen LogP contribution in [0.1, 0.15) is 36.7 Å². The normalized spacial score (nSPS) is 10.8. The van der Waals surface area contributed by atoms with Crippen LogP contribution >= 0.6 is 11.6 Å². The number of aromatic amines is 1. The number of hydrogen-bond acceptors (Lipinski definition) is 4. The summed E-state index contributed by atoms with van der Waals surface area (Å²) in [4.78, 5) is 12.7. The van der Waals surface area contributed by atoms with Crippen molar-refractivity contribution in [2.45, 2.75) is 33.4 Å². The maximum Gasteiger partial charge on any atom is 0.255 e. The molecule has 6 nitrogen and oxygen atoms in total. The molecule has 0 saturated heterocycles. The number of H-pyrrole nitrogens is 1. The minimum atomic E-state index is -0.221. The highest BCUT2D eigenvalue weighted by atomic mass is 35.5. The first-order valence-corrected chi connectivity index (χ1v) is 9.85. The molecule has 1 heterocycles. The van der Waals surface area contributed by atoms with Crippen LogP contribution in [0, 0.1) is 0 Å². The van der Waals surface area contributed by atoms with E-state index < -0.39 is 0 Å². The predicted octanol–water partition coefficient (Wildman–Crippen LogP) is 4.85. The second-order valence-corrected chi connectivity index (χ2v) is 7.14. The standard InChI is InChI=1S/C22H24ClN3O3/c1-4-28-20-10-7-16(11-19(20)23)21-18(13-25-26-21)22(27)24-12-15-5-8-17(9-6-15)29-14(2)3/h5-11,13-14H,4,12H2,1-3H3,(H,24,27)(H,25,26). The Labute approximate surface area is 175 Å². The van der Waals surface area contributed by atoms with Gasteiger partial charge in [0.15, 0.2) is 0 Å². The lowest BCUT2D eigenvalue weighted by atomic mass is 10.1. The van der Waals surface area contributed by atoms with E-state index in [9.17, 15) is 4.79 Å². The molecule has 0 saturated carbocycles. The quantitative estimate of drug-likeness (QED) is 0.553. The van der Waals surface area contributed by atoms with Crippen molar-refractivity contribution in [3.63, 3.8) is 0 Å². The van der Waals surface area contributed by atoms with E-state index in [1.54, 1.807) is 12.1 Å². The van der Waals surface area contributed by atoms with Crippen molar-refractivity contribution >= 4 is 17.5 Å². The third kappa shape index (κ3) is 5.29. The Kier molecular flexibility index (Phi) is 6.77. The number of ether oxygens (including phenoxy) is 2. The maximum absolute atomic E-state index is 12.7. The number of rotatable bonds is 8. The lowest BCUT2D eigenvalue weighted by Gasteiger charge is -2.11. The van der Waals surface area contributed by atoms with Crippen LogP contribution < -0.4 is 14.8 Å². The van der Waals surface area contributed by atoms with Gasteiger partial charge in [0.25, 0.3) is 5.91 Å². The van der Waals surface area contributed by atoms with Crippen LogP contribution in [-0.4, -0.2) is 28.8 Å². The Morgan fingerprint density at radius 1 is 1.21 bits per heavy atom. The molecule has 1 aromatic heterocycles. The largest absolute Gasteiger partial charge is 0.492 e. The summed E-state index contributed by atoms with van der Waals surface area (Å²) in [7, 11) is 0. The van der Waals surface area contributed by atoms with Crippen LogP contribution in [0.3, 0.4) is 0 Å². The lowest BCUT2D eigenvalue weighted by Crippen LogP contribution is -2.23. The molecular formula is C22H24ClN3O3. The number of carbonyl (C=O) groups excluding carboxylic acids is 1. The summed E-state index contributed by atoms with van der Waals surface area (Å²) in [6.07, 6.45) is 1.63. The zero-order valence-electron chi connectivity index (χ0n) is 16.7. The van der Waals surface area contributed by atoms with Crippen LogP contribution in [0.5, 0.6) is 11.5 Å². The Morgan fingerprint density at radius 2 is 1.97 bits per heavy atom. The highest BCUT2D eigenvalue weighted by Crippen LogP contribution is 2.31. The fourth-order valence-corrected chi connectivity index (χ4v) is 3.08. The molecule has 0 radical (unpaired) electrons. The third-order valence-electron chi connectivity index (χ3n) is 4.15. The number of hydrogen-bond donors (Lipinski definition) is 2. The molecule has 3 rings (SSSR count). The zero-order valence-corrected chi connectivity index (χ0v) is 17.4.